The average Bonchev–Trinajstić information content (AvgIpc) is 3.11. The van der Waals surface area contributed by atoms with Gasteiger partial charge < -0.3 is 9.80 Å². The van der Waals surface area contributed by atoms with Crippen LogP contribution >= 0.6 is 11.3 Å². The molecule has 30 heavy (non-hydrogen) atoms. The Hall–Kier alpha value is -2.25. The monoisotopic (exact) mass is 429 g/mol. The number of thiophene rings is 1. The predicted octanol–water partition coefficient (Wildman–Crippen LogP) is 3.57. The van der Waals surface area contributed by atoms with Gasteiger partial charge in [-0.2, -0.15) is 0 Å². The molecule has 0 aliphatic carbocycles. The first-order valence-corrected chi connectivity index (χ1v) is 11.6. The fourth-order valence-electron chi connectivity index (χ4n) is 4.55. The minimum Gasteiger partial charge on any atom is -0.337 e. The van der Waals surface area contributed by atoms with Crippen LogP contribution in [0.3, 0.4) is 0 Å². The Kier molecular flexibility index (Phi) is 6.49. The van der Waals surface area contributed by atoms with Crippen molar-refractivity contribution in [2.75, 3.05) is 39.3 Å². The maximum atomic E-state index is 13.5. The standard InChI is InChI=1S/C23H28FN3O2S/c1-2-20-19-8-14-30-21(19)7-11-27(20)22(28)16-25-9-4-10-26(13-12-25)23(29)17-5-3-6-18(24)15-17/h3,5-6,8,14-15,20H,2,4,7,9-13,16H2,1H3. The van der Waals surface area contributed by atoms with E-state index in [1.165, 1.54) is 22.6 Å². The predicted molar refractivity (Wildman–Crippen MR) is 116 cm³/mol. The van der Waals surface area contributed by atoms with Crippen LogP contribution in [-0.2, 0) is 11.2 Å². The van der Waals surface area contributed by atoms with Crippen molar-refractivity contribution in [3.05, 3.63) is 57.5 Å². The lowest BCUT2D eigenvalue weighted by atomic mass is 9.97. The van der Waals surface area contributed by atoms with Gasteiger partial charge in [0.05, 0.1) is 12.6 Å². The fourth-order valence-corrected chi connectivity index (χ4v) is 5.48. The maximum absolute atomic E-state index is 13.5. The minimum absolute atomic E-state index is 0.144. The summed E-state index contributed by atoms with van der Waals surface area (Å²) in [4.78, 5) is 33.2. The highest BCUT2D eigenvalue weighted by molar-refractivity contribution is 7.10. The van der Waals surface area contributed by atoms with Crippen LogP contribution in [0, 0.1) is 5.82 Å². The number of benzene rings is 1. The van der Waals surface area contributed by atoms with Gasteiger partial charge in [-0.1, -0.05) is 13.0 Å². The SMILES string of the molecule is CCC1c2ccsc2CCN1C(=O)CN1CCCN(C(=O)c2cccc(F)c2)CC1. The summed E-state index contributed by atoms with van der Waals surface area (Å²) in [6.07, 6.45) is 2.66. The van der Waals surface area contributed by atoms with Gasteiger partial charge in [0.25, 0.3) is 5.91 Å². The van der Waals surface area contributed by atoms with E-state index in [-0.39, 0.29) is 17.9 Å². The fraction of sp³-hybridized carbons (Fsp3) is 0.478. The van der Waals surface area contributed by atoms with E-state index in [4.69, 9.17) is 0 Å². The number of amides is 2. The average molecular weight is 430 g/mol. The quantitative estimate of drug-likeness (QED) is 0.746. The molecule has 0 N–H and O–H groups in total. The zero-order valence-electron chi connectivity index (χ0n) is 17.3. The second-order valence-corrected chi connectivity index (χ2v) is 8.99. The van der Waals surface area contributed by atoms with Gasteiger partial charge in [0.2, 0.25) is 5.91 Å². The molecule has 2 aliphatic rings. The van der Waals surface area contributed by atoms with E-state index in [0.717, 1.165) is 32.4 Å². The van der Waals surface area contributed by atoms with Crippen LogP contribution in [-0.4, -0.2) is 65.8 Å². The summed E-state index contributed by atoms with van der Waals surface area (Å²) in [5.74, 6) is -0.373. The Morgan fingerprint density at radius 2 is 2.00 bits per heavy atom. The molecule has 1 aromatic carbocycles. The molecule has 1 fully saturated rings. The van der Waals surface area contributed by atoms with E-state index in [1.54, 1.807) is 28.4 Å². The van der Waals surface area contributed by atoms with Crippen LogP contribution < -0.4 is 0 Å². The topological polar surface area (TPSA) is 43.9 Å². The highest BCUT2D eigenvalue weighted by Crippen LogP contribution is 2.35. The third-order valence-electron chi connectivity index (χ3n) is 6.11. The van der Waals surface area contributed by atoms with Crippen LogP contribution in [0.2, 0.25) is 0 Å². The highest BCUT2D eigenvalue weighted by Gasteiger charge is 2.31. The van der Waals surface area contributed by atoms with Crippen LogP contribution in [0.15, 0.2) is 35.7 Å². The lowest BCUT2D eigenvalue weighted by molar-refractivity contribution is -0.135. The molecule has 3 heterocycles. The number of hydrogen-bond donors (Lipinski definition) is 0. The summed E-state index contributed by atoms with van der Waals surface area (Å²) in [5, 5.41) is 2.13. The summed E-state index contributed by atoms with van der Waals surface area (Å²) >= 11 is 1.79. The second kappa shape index (κ2) is 9.27. The van der Waals surface area contributed by atoms with E-state index < -0.39 is 5.82 Å². The Labute approximate surface area is 181 Å². The zero-order chi connectivity index (χ0) is 21.1. The first-order valence-electron chi connectivity index (χ1n) is 10.7. The Bertz CT molecular complexity index is 915. The number of carbonyl (C=O) groups is 2. The molecular weight excluding hydrogens is 401 g/mol. The van der Waals surface area contributed by atoms with Crippen LogP contribution in [0.1, 0.15) is 46.6 Å². The summed E-state index contributed by atoms with van der Waals surface area (Å²) in [7, 11) is 0. The minimum atomic E-state index is -0.399. The molecule has 4 rings (SSSR count). The van der Waals surface area contributed by atoms with Crippen molar-refractivity contribution in [1.82, 2.24) is 14.7 Å². The first-order chi connectivity index (χ1) is 14.6. The zero-order valence-corrected chi connectivity index (χ0v) is 18.2. The van der Waals surface area contributed by atoms with Crippen LogP contribution in [0.4, 0.5) is 4.39 Å². The third-order valence-corrected chi connectivity index (χ3v) is 7.10. The van der Waals surface area contributed by atoms with Crippen LogP contribution in [0.5, 0.6) is 0 Å². The Morgan fingerprint density at radius 3 is 2.80 bits per heavy atom. The molecular formula is C23H28FN3O2S. The molecule has 2 amide bonds. The Balaban J connectivity index is 1.36. The van der Waals surface area contributed by atoms with Crippen molar-refractivity contribution in [2.45, 2.75) is 32.2 Å². The van der Waals surface area contributed by atoms with Gasteiger partial charge in [0.15, 0.2) is 0 Å². The number of hydrogen-bond acceptors (Lipinski definition) is 4. The number of halogens is 1. The van der Waals surface area contributed by atoms with Gasteiger partial charge >= 0.3 is 0 Å². The third kappa shape index (κ3) is 4.42. The molecule has 0 spiro atoms. The van der Waals surface area contributed by atoms with Crippen molar-refractivity contribution >= 4 is 23.2 Å². The van der Waals surface area contributed by atoms with Crippen molar-refractivity contribution in [3.8, 4) is 0 Å². The molecule has 0 saturated carbocycles. The summed E-state index contributed by atoms with van der Waals surface area (Å²) in [5.41, 5.74) is 1.69. The maximum Gasteiger partial charge on any atom is 0.254 e. The second-order valence-electron chi connectivity index (χ2n) is 7.99. The van der Waals surface area contributed by atoms with Gasteiger partial charge in [-0.15, -0.1) is 11.3 Å². The summed E-state index contributed by atoms with van der Waals surface area (Å²) in [6.45, 7) is 5.92. The van der Waals surface area contributed by atoms with Crippen LogP contribution in [0.25, 0.3) is 0 Å². The Morgan fingerprint density at radius 1 is 1.13 bits per heavy atom. The molecule has 5 nitrogen and oxygen atoms in total. The van der Waals surface area contributed by atoms with Gasteiger partial charge in [-0.25, -0.2) is 4.39 Å². The number of fused-ring (bicyclic) bond motifs is 1. The van der Waals surface area contributed by atoms with E-state index in [1.807, 2.05) is 4.90 Å². The number of nitrogens with zero attached hydrogens (tertiary/aromatic N) is 3. The molecule has 160 valence electrons. The molecule has 1 atom stereocenters. The van der Waals surface area contributed by atoms with Crippen molar-refractivity contribution in [2.24, 2.45) is 0 Å². The normalized spacial score (nSPS) is 20.0. The molecule has 1 saturated heterocycles. The van der Waals surface area contributed by atoms with Crippen molar-refractivity contribution in [1.29, 1.82) is 0 Å². The van der Waals surface area contributed by atoms with Gasteiger partial charge in [0.1, 0.15) is 5.82 Å². The lowest BCUT2D eigenvalue weighted by Crippen LogP contribution is -2.45. The van der Waals surface area contributed by atoms with E-state index in [0.29, 0.717) is 31.7 Å². The van der Waals surface area contributed by atoms with E-state index in [2.05, 4.69) is 23.3 Å². The van der Waals surface area contributed by atoms with Gasteiger partial charge in [-0.3, -0.25) is 14.5 Å². The highest BCUT2D eigenvalue weighted by atomic mass is 32.1. The van der Waals surface area contributed by atoms with Gasteiger partial charge in [0, 0.05) is 43.2 Å². The van der Waals surface area contributed by atoms with Gasteiger partial charge in [-0.05, 0) is 54.5 Å². The molecule has 1 aromatic heterocycles. The largest absolute Gasteiger partial charge is 0.337 e. The van der Waals surface area contributed by atoms with E-state index in [9.17, 15) is 14.0 Å². The molecule has 2 aromatic rings. The summed E-state index contributed by atoms with van der Waals surface area (Å²) in [6, 6.07) is 8.18. The first kappa shape index (κ1) is 21.0. The lowest BCUT2D eigenvalue weighted by Gasteiger charge is -2.36. The molecule has 1 unspecified atom stereocenters. The summed E-state index contributed by atoms with van der Waals surface area (Å²) < 4.78 is 13.5. The number of rotatable bonds is 4. The van der Waals surface area contributed by atoms with Crippen molar-refractivity contribution < 1.29 is 14.0 Å². The molecule has 7 heteroatoms. The molecule has 2 aliphatic heterocycles. The molecule has 0 bridgehead atoms. The smallest absolute Gasteiger partial charge is 0.254 e. The van der Waals surface area contributed by atoms with Crippen molar-refractivity contribution in [3.63, 3.8) is 0 Å². The van der Waals surface area contributed by atoms with E-state index >= 15 is 0 Å². The molecule has 0 radical (unpaired) electrons. The number of carbonyl (C=O) groups excluding carboxylic acids is 2.